The molecule has 0 bridgehead atoms. The molecule has 2 rings (SSSR count). The number of esters is 1. The predicted molar refractivity (Wildman–Crippen MR) is 136 cm³/mol. The highest BCUT2D eigenvalue weighted by molar-refractivity contribution is 5.71. The highest BCUT2D eigenvalue weighted by Crippen LogP contribution is 2.10. The SMILES string of the molecule is CCOCc1cccc(COCC(=O)OC(C)(C)C)c1.CCOCc1cccc(COCCO)c1. The Morgan fingerprint density at radius 3 is 1.57 bits per heavy atom. The van der Waals surface area contributed by atoms with E-state index in [2.05, 4.69) is 6.07 Å². The van der Waals surface area contributed by atoms with Gasteiger partial charge in [0, 0.05) is 13.2 Å². The van der Waals surface area contributed by atoms with Crippen LogP contribution in [0.15, 0.2) is 48.5 Å². The molecule has 0 unspecified atom stereocenters. The van der Waals surface area contributed by atoms with Gasteiger partial charge in [-0.1, -0.05) is 48.5 Å². The summed E-state index contributed by atoms with van der Waals surface area (Å²) in [6.07, 6.45) is 0. The van der Waals surface area contributed by atoms with Gasteiger partial charge >= 0.3 is 5.97 Å². The molecule has 196 valence electrons. The number of hydrogen-bond acceptors (Lipinski definition) is 7. The molecule has 0 radical (unpaired) electrons. The van der Waals surface area contributed by atoms with E-state index < -0.39 is 5.60 Å². The monoisotopic (exact) mass is 490 g/mol. The van der Waals surface area contributed by atoms with Gasteiger partial charge in [0.2, 0.25) is 0 Å². The molecule has 7 heteroatoms. The molecule has 1 N–H and O–H groups in total. The number of aliphatic hydroxyl groups is 1. The summed E-state index contributed by atoms with van der Waals surface area (Å²) in [4.78, 5) is 11.5. The molecule has 2 aromatic rings. The van der Waals surface area contributed by atoms with Gasteiger partial charge in [0.05, 0.1) is 39.6 Å². The van der Waals surface area contributed by atoms with Crippen LogP contribution in [0.3, 0.4) is 0 Å². The first kappa shape index (κ1) is 30.7. The second-order valence-corrected chi connectivity index (χ2v) is 8.77. The van der Waals surface area contributed by atoms with Crippen LogP contribution >= 0.6 is 0 Å². The normalized spacial score (nSPS) is 11.0. The third-order valence-corrected chi connectivity index (χ3v) is 4.34. The molecule has 0 aliphatic rings. The molecular formula is C28H42O7. The zero-order valence-corrected chi connectivity index (χ0v) is 21.9. The van der Waals surface area contributed by atoms with Crippen LogP contribution in [-0.4, -0.2) is 49.7 Å². The van der Waals surface area contributed by atoms with Gasteiger partial charge < -0.3 is 28.8 Å². The average Bonchev–Trinajstić information content (AvgIpc) is 2.81. The van der Waals surface area contributed by atoms with Gasteiger partial charge in [-0.15, -0.1) is 0 Å². The molecule has 0 aliphatic carbocycles. The van der Waals surface area contributed by atoms with Gasteiger partial charge in [-0.05, 0) is 56.9 Å². The lowest BCUT2D eigenvalue weighted by Gasteiger charge is -2.19. The van der Waals surface area contributed by atoms with Gasteiger partial charge in [-0.25, -0.2) is 4.79 Å². The van der Waals surface area contributed by atoms with Gasteiger partial charge in [-0.3, -0.25) is 0 Å². The van der Waals surface area contributed by atoms with Crippen molar-refractivity contribution >= 4 is 5.97 Å². The highest BCUT2D eigenvalue weighted by Gasteiger charge is 2.16. The third-order valence-electron chi connectivity index (χ3n) is 4.34. The van der Waals surface area contributed by atoms with Crippen molar-refractivity contribution in [1.82, 2.24) is 0 Å². The van der Waals surface area contributed by atoms with Gasteiger partial charge in [-0.2, -0.15) is 0 Å². The zero-order valence-electron chi connectivity index (χ0n) is 21.9. The van der Waals surface area contributed by atoms with Crippen molar-refractivity contribution < 1.29 is 33.6 Å². The standard InChI is InChI=1S/C16H24O4.C12H18O3/c1-5-18-10-13-7-6-8-14(9-13)11-19-12-15(17)20-16(2,3)4;1-2-14-9-11-4-3-5-12(8-11)10-15-7-6-13/h6-9H,5,10-12H2,1-4H3;3-5,8,13H,2,6-7,9-10H2,1H3. The molecule has 0 aromatic heterocycles. The van der Waals surface area contributed by atoms with Crippen molar-refractivity contribution in [3.8, 4) is 0 Å². The first-order valence-corrected chi connectivity index (χ1v) is 12.1. The molecule has 0 atom stereocenters. The third kappa shape index (κ3) is 16.1. The van der Waals surface area contributed by atoms with Crippen LogP contribution in [0.25, 0.3) is 0 Å². The Kier molecular flexibility index (Phi) is 15.8. The number of carbonyl (C=O) groups excluding carboxylic acids is 1. The molecule has 0 spiro atoms. The number of hydrogen-bond donors (Lipinski definition) is 1. The first-order valence-electron chi connectivity index (χ1n) is 12.1. The Morgan fingerprint density at radius 2 is 1.17 bits per heavy atom. The van der Waals surface area contributed by atoms with Crippen molar-refractivity contribution in [2.24, 2.45) is 0 Å². The summed E-state index contributed by atoms with van der Waals surface area (Å²) in [7, 11) is 0. The fourth-order valence-corrected chi connectivity index (χ4v) is 2.94. The molecule has 7 nitrogen and oxygen atoms in total. The molecule has 0 saturated heterocycles. The number of aliphatic hydroxyl groups excluding tert-OH is 1. The number of rotatable bonds is 14. The van der Waals surface area contributed by atoms with Crippen LogP contribution in [0, 0.1) is 0 Å². The smallest absolute Gasteiger partial charge is 0.332 e. The second-order valence-electron chi connectivity index (χ2n) is 8.77. The Bertz CT molecular complexity index is 830. The fraction of sp³-hybridized carbons (Fsp3) is 0.536. The summed E-state index contributed by atoms with van der Waals surface area (Å²) in [6.45, 7) is 13.5. The molecule has 35 heavy (non-hydrogen) atoms. The first-order chi connectivity index (χ1) is 16.8. The average molecular weight is 491 g/mol. The highest BCUT2D eigenvalue weighted by atomic mass is 16.6. The maximum atomic E-state index is 11.5. The number of benzene rings is 2. The van der Waals surface area contributed by atoms with Crippen molar-refractivity contribution in [2.75, 3.05) is 33.0 Å². The van der Waals surface area contributed by atoms with Gasteiger partial charge in [0.15, 0.2) is 0 Å². The lowest BCUT2D eigenvalue weighted by atomic mass is 10.1. The van der Waals surface area contributed by atoms with Crippen molar-refractivity contribution in [3.05, 3.63) is 70.8 Å². The number of ether oxygens (including phenoxy) is 5. The van der Waals surface area contributed by atoms with Crippen LogP contribution in [0.1, 0.15) is 56.9 Å². The second kappa shape index (κ2) is 18.0. The molecule has 2 aromatic carbocycles. The molecular weight excluding hydrogens is 448 g/mol. The van der Waals surface area contributed by atoms with Crippen LogP contribution in [0.2, 0.25) is 0 Å². The number of carbonyl (C=O) groups is 1. The van der Waals surface area contributed by atoms with Crippen LogP contribution in [-0.2, 0) is 54.9 Å². The topological polar surface area (TPSA) is 83.5 Å². The maximum Gasteiger partial charge on any atom is 0.332 e. The Morgan fingerprint density at radius 1 is 0.743 bits per heavy atom. The molecule has 0 aliphatic heterocycles. The summed E-state index contributed by atoms with van der Waals surface area (Å²) < 4.78 is 26.5. The summed E-state index contributed by atoms with van der Waals surface area (Å²) in [6, 6.07) is 16.0. The van der Waals surface area contributed by atoms with E-state index in [9.17, 15) is 4.79 Å². The van der Waals surface area contributed by atoms with Crippen LogP contribution in [0.4, 0.5) is 0 Å². The van der Waals surface area contributed by atoms with E-state index in [0.29, 0.717) is 39.6 Å². The lowest BCUT2D eigenvalue weighted by Crippen LogP contribution is -2.26. The largest absolute Gasteiger partial charge is 0.458 e. The van der Waals surface area contributed by atoms with Crippen LogP contribution in [0.5, 0.6) is 0 Å². The van der Waals surface area contributed by atoms with E-state index in [1.165, 1.54) is 0 Å². The molecule has 0 fully saturated rings. The summed E-state index contributed by atoms with van der Waals surface area (Å²) in [5, 5.41) is 8.57. The van der Waals surface area contributed by atoms with E-state index >= 15 is 0 Å². The van der Waals surface area contributed by atoms with Crippen molar-refractivity contribution in [3.63, 3.8) is 0 Å². The summed E-state index contributed by atoms with van der Waals surface area (Å²) >= 11 is 0. The predicted octanol–water partition coefficient (Wildman–Crippen LogP) is 4.81. The fourth-order valence-electron chi connectivity index (χ4n) is 2.94. The molecule has 0 saturated carbocycles. The van der Waals surface area contributed by atoms with E-state index in [-0.39, 0.29) is 19.2 Å². The van der Waals surface area contributed by atoms with E-state index in [0.717, 1.165) is 28.9 Å². The van der Waals surface area contributed by atoms with Crippen LogP contribution < -0.4 is 0 Å². The van der Waals surface area contributed by atoms with E-state index in [1.807, 2.05) is 77.1 Å². The Labute approximate surface area is 210 Å². The van der Waals surface area contributed by atoms with Gasteiger partial charge in [0.1, 0.15) is 12.2 Å². The van der Waals surface area contributed by atoms with Crippen molar-refractivity contribution in [1.29, 1.82) is 0 Å². The molecule has 0 heterocycles. The van der Waals surface area contributed by atoms with Crippen molar-refractivity contribution in [2.45, 2.75) is 66.6 Å². The van der Waals surface area contributed by atoms with Gasteiger partial charge in [0.25, 0.3) is 0 Å². The summed E-state index contributed by atoms with van der Waals surface area (Å²) in [5.74, 6) is -0.344. The molecule has 0 amide bonds. The Hall–Kier alpha value is -2.29. The quantitative estimate of drug-likeness (QED) is 0.300. The lowest BCUT2D eigenvalue weighted by molar-refractivity contribution is -0.160. The maximum absolute atomic E-state index is 11.5. The zero-order chi connectivity index (χ0) is 25.9. The minimum Gasteiger partial charge on any atom is -0.458 e. The van der Waals surface area contributed by atoms with E-state index in [1.54, 1.807) is 0 Å². The minimum atomic E-state index is -0.474. The Balaban J connectivity index is 0.000000365. The minimum absolute atomic E-state index is 0.0348. The summed E-state index contributed by atoms with van der Waals surface area (Å²) in [5.41, 5.74) is 3.91. The van der Waals surface area contributed by atoms with E-state index in [4.69, 9.17) is 28.8 Å².